The number of rotatable bonds is 51. The molecule has 394 valence electrons. The Kier molecular flexibility index (Phi) is 53.9. The molecule has 0 saturated carbocycles. The summed E-state index contributed by atoms with van der Waals surface area (Å²) in [5.74, 6) is -0.994. The molecule has 0 N–H and O–H groups in total. The number of ether oxygens (including phenoxy) is 3. The van der Waals surface area contributed by atoms with Crippen molar-refractivity contribution in [1.29, 1.82) is 0 Å². The van der Waals surface area contributed by atoms with Crippen molar-refractivity contribution in [3.05, 3.63) is 97.2 Å². The van der Waals surface area contributed by atoms with Crippen LogP contribution in [0.25, 0.3) is 0 Å². The predicted molar refractivity (Wildman–Crippen MR) is 297 cm³/mol. The first-order chi connectivity index (χ1) is 34.0. The van der Waals surface area contributed by atoms with Gasteiger partial charge in [-0.25, -0.2) is 0 Å². The van der Waals surface area contributed by atoms with Crippen molar-refractivity contribution >= 4 is 17.9 Å². The van der Waals surface area contributed by atoms with Gasteiger partial charge in [0, 0.05) is 19.3 Å². The van der Waals surface area contributed by atoms with Crippen molar-refractivity contribution in [3.63, 3.8) is 0 Å². The normalized spacial score (nSPS) is 12.8. The second-order valence-electron chi connectivity index (χ2n) is 18.8. The molecule has 0 aliphatic rings. The summed E-state index contributed by atoms with van der Waals surface area (Å²) in [4.78, 5) is 38.1. The molecule has 0 heterocycles. The zero-order valence-corrected chi connectivity index (χ0v) is 45.0. The fraction of sp³-hybridized carbons (Fsp3) is 0.698. The summed E-state index contributed by atoms with van der Waals surface area (Å²) in [5, 5.41) is 0. The van der Waals surface area contributed by atoms with E-state index in [4.69, 9.17) is 14.2 Å². The minimum Gasteiger partial charge on any atom is -0.462 e. The number of carbonyl (C=O) groups excluding carboxylic acids is 3. The summed E-state index contributed by atoms with van der Waals surface area (Å²) >= 11 is 0. The SMILES string of the molecule is CC/C=C\C/C=C\C/C=C\C/C=C\C/C=C\C/C=C\CCC(=O)OCC(COC(=O)CCCCCCCCCCCCCCCC)OC(=O)CCCCCCCCC/C=C\C/C=C\CCCCCC. The van der Waals surface area contributed by atoms with Gasteiger partial charge in [-0.3, -0.25) is 14.4 Å². The van der Waals surface area contributed by atoms with Gasteiger partial charge in [0.05, 0.1) is 0 Å². The van der Waals surface area contributed by atoms with E-state index in [0.717, 1.165) is 89.9 Å². The molecule has 0 fully saturated rings. The molecular formula is C63H106O6. The maximum Gasteiger partial charge on any atom is 0.306 e. The lowest BCUT2D eigenvalue weighted by atomic mass is 10.0. The monoisotopic (exact) mass is 959 g/mol. The maximum atomic E-state index is 12.9. The van der Waals surface area contributed by atoms with Crippen LogP contribution in [0.4, 0.5) is 0 Å². The topological polar surface area (TPSA) is 78.9 Å². The van der Waals surface area contributed by atoms with Gasteiger partial charge in [-0.2, -0.15) is 0 Å². The van der Waals surface area contributed by atoms with Crippen LogP contribution in [0.1, 0.15) is 265 Å². The Hall–Kier alpha value is -3.67. The molecular weight excluding hydrogens is 853 g/mol. The highest BCUT2D eigenvalue weighted by Gasteiger charge is 2.19. The Balaban J connectivity index is 4.50. The zero-order valence-electron chi connectivity index (χ0n) is 45.0. The molecule has 0 spiro atoms. The molecule has 69 heavy (non-hydrogen) atoms. The molecule has 6 nitrogen and oxygen atoms in total. The van der Waals surface area contributed by atoms with Gasteiger partial charge in [-0.15, -0.1) is 0 Å². The summed E-state index contributed by atoms with van der Waals surface area (Å²) in [7, 11) is 0. The fourth-order valence-corrected chi connectivity index (χ4v) is 7.79. The zero-order chi connectivity index (χ0) is 50.0. The summed E-state index contributed by atoms with van der Waals surface area (Å²) in [6.07, 6.45) is 75.5. The highest BCUT2D eigenvalue weighted by Crippen LogP contribution is 2.15. The van der Waals surface area contributed by atoms with E-state index < -0.39 is 6.10 Å². The Morgan fingerprint density at radius 2 is 0.594 bits per heavy atom. The van der Waals surface area contributed by atoms with Crippen molar-refractivity contribution in [2.45, 2.75) is 271 Å². The standard InChI is InChI=1S/C63H106O6/c1-4-7-10-13-16-19-22-25-28-30-32-34-35-38-41-44-47-50-53-56-62(65)68-59-60(58-67-61(64)55-52-49-46-43-40-37-27-24-21-18-15-12-9-6-3)69-63(66)57-54-51-48-45-42-39-36-33-31-29-26-23-20-17-14-11-8-5-2/h7,10,16,19-20,23,25,28-29,31-32,34,38,41,47,50,60H,4-6,8-9,11-15,17-18,21-22,24,26-27,30,33,35-37,39-40,42-46,48-49,51-59H2,1-3H3/b10-7-,19-16-,23-20-,28-25-,31-29-,34-32-,41-38-,50-47-. The van der Waals surface area contributed by atoms with E-state index in [0.29, 0.717) is 19.3 Å². The van der Waals surface area contributed by atoms with Crippen molar-refractivity contribution in [2.75, 3.05) is 13.2 Å². The summed E-state index contributed by atoms with van der Waals surface area (Å²) < 4.78 is 16.8. The Labute approximate surface area is 426 Å². The smallest absolute Gasteiger partial charge is 0.306 e. The van der Waals surface area contributed by atoms with Gasteiger partial charge in [0.25, 0.3) is 0 Å². The van der Waals surface area contributed by atoms with Gasteiger partial charge in [-0.05, 0) is 89.9 Å². The van der Waals surface area contributed by atoms with Crippen LogP contribution in [0, 0.1) is 0 Å². The van der Waals surface area contributed by atoms with E-state index in [9.17, 15) is 14.4 Å². The average molecular weight is 960 g/mol. The first-order valence-electron chi connectivity index (χ1n) is 28.7. The first-order valence-corrected chi connectivity index (χ1v) is 28.7. The van der Waals surface area contributed by atoms with Crippen molar-refractivity contribution in [2.24, 2.45) is 0 Å². The average Bonchev–Trinajstić information content (AvgIpc) is 3.35. The van der Waals surface area contributed by atoms with Crippen LogP contribution in [0.5, 0.6) is 0 Å². The maximum absolute atomic E-state index is 12.9. The van der Waals surface area contributed by atoms with Crippen LogP contribution in [0.3, 0.4) is 0 Å². The summed E-state index contributed by atoms with van der Waals surface area (Å²) in [6, 6.07) is 0. The lowest BCUT2D eigenvalue weighted by Gasteiger charge is -2.18. The van der Waals surface area contributed by atoms with Crippen molar-refractivity contribution < 1.29 is 28.6 Å². The molecule has 0 aliphatic heterocycles. The third kappa shape index (κ3) is 55.1. The minimum atomic E-state index is -0.812. The largest absolute Gasteiger partial charge is 0.462 e. The summed E-state index contributed by atoms with van der Waals surface area (Å²) in [6.45, 7) is 6.45. The molecule has 0 aromatic carbocycles. The number of hydrogen-bond donors (Lipinski definition) is 0. The van der Waals surface area contributed by atoms with E-state index in [-0.39, 0.29) is 37.5 Å². The Morgan fingerprint density at radius 1 is 0.304 bits per heavy atom. The molecule has 0 aromatic heterocycles. The minimum absolute atomic E-state index is 0.103. The van der Waals surface area contributed by atoms with Gasteiger partial charge in [-0.1, -0.05) is 253 Å². The second kappa shape index (κ2) is 56.9. The Bertz CT molecular complexity index is 1380. The van der Waals surface area contributed by atoms with Crippen LogP contribution in [-0.4, -0.2) is 37.2 Å². The van der Waals surface area contributed by atoms with Gasteiger partial charge in [0.1, 0.15) is 13.2 Å². The lowest BCUT2D eigenvalue weighted by molar-refractivity contribution is -0.166. The third-order valence-electron chi connectivity index (χ3n) is 12.1. The van der Waals surface area contributed by atoms with Gasteiger partial charge < -0.3 is 14.2 Å². The molecule has 1 unspecified atom stereocenters. The number of allylic oxidation sites excluding steroid dienone is 16. The first kappa shape index (κ1) is 65.3. The van der Waals surface area contributed by atoms with E-state index >= 15 is 0 Å². The van der Waals surface area contributed by atoms with Crippen LogP contribution < -0.4 is 0 Å². The summed E-state index contributed by atoms with van der Waals surface area (Å²) in [5.41, 5.74) is 0. The fourth-order valence-electron chi connectivity index (χ4n) is 7.79. The van der Waals surface area contributed by atoms with Gasteiger partial charge in [0.2, 0.25) is 0 Å². The van der Waals surface area contributed by atoms with Crippen LogP contribution in [0.2, 0.25) is 0 Å². The van der Waals surface area contributed by atoms with Crippen molar-refractivity contribution in [1.82, 2.24) is 0 Å². The third-order valence-corrected chi connectivity index (χ3v) is 12.1. The number of hydrogen-bond acceptors (Lipinski definition) is 6. The van der Waals surface area contributed by atoms with E-state index in [1.165, 1.54) is 128 Å². The van der Waals surface area contributed by atoms with Crippen LogP contribution in [-0.2, 0) is 28.6 Å². The molecule has 0 bridgehead atoms. The molecule has 1 atom stereocenters. The molecule has 6 heteroatoms. The highest BCUT2D eigenvalue weighted by molar-refractivity contribution is 5.71. The van der Waals surface area contributed by atoms with E-state index in [1.807, 2.05) is 6.08 Å². The van der Waals surface area contributed by atoms with Crippen molar-refractivity contribution in [3.8, 4) is 0 Å². The van der Waals surface area contributed by atoms with Gasteiger partial charge >= 0.3 is 17.9 Å². The second-order valence-corrected chi connectivity index (χ2v) is 18.8. The highest BCUT2D eigenvalue weighted by atomic mass is 16.6. The molecule has 0 amide bonds. The quantitative estimate of drug-likeness (QED) is 0.0262. The Morgan fingerprint density at radius 3 is 0.986 bits per heavy atom. The molecule has 0 saturated heterocycles. The number of esters is 3. The van der Waals surface area contributed by atoms with Gasteiger partial charge in [0.15, 0.2) is 6.10 Å². The number of carbonyl (C=O) groups is 3. The van der Waals surface area contributed by atoms with Crippen LogP contribution >= 0.6 is 0 Å². The predicted octanol–water partition coefficient (Wildman–Crippen LogP) is 19.3. The van der Waals surface area contributed by atoms with Crippen LogP contribution in [0.15, 0.2) is 97.2 Å². The molecule has 0 aromatic rings. The lowest BCUT2D eigenvalue weighted by Crippen LogP contribution is -2.30. The number of unbranched alkanes of at least 4 members (excludes halogenated alkanes) is 24. The molecule has 0 rings (SSSR count). The molecule has 0 aliphatic carbocycles. The van der Waals surface area contributed by atoms with E-state index in [1.54, 1.807) is 0 Å². The van der Waals surface area contributed by atoms with E-state index in [2.05, 4.69) is 112 Å². The molecule has 0 radical (unpaired) electrons.